The van der Waals surface area contributed by atoms with E-state index in [1.165, 1.54) is 12.1 Å². The molecule has 3 aromatic rings. The summed E-state index contributed by atoms with van der Waals surface area (Å²) in [7, 11) is 1.58. The molecule has 2 atom stereocenters. The molecule has 14 nitrogen and oxygen atoms in total. The monoisotopic (exact) mass is 811 g/mol. The van der Waals surface area contributed by atoms with Crippen LogP contribution in [0.1, 0.15) is 62.4 Å². The summed E-state index contributed by atoms with van der Waals surface area (Å²) in [6.07, 6.45) is 3.29. The summed E-state index contributed by atoms with van der Waals surface area (Å²) < 4.78 is 43.8. The largest absolute Gasteiger partial charge is 0.454 e. The summed E-state index contributed by atoms with van der Waals surface area (Å²) in [5, 5.41) is 17.4. The van der Waals surface area contributed by atoms with E-state index in [0.29, 0.717) is 34.8 Å². The number of amides is 4. The molecule has 0 aliphatic heterocycles. The van der Waals surface area contributed by atoms with Gasteiger partial charge in [0.25, 0.3) is 5.91 Å². The smallest absolute Gasteiger partial charge is 0.422 e. The number of allylic oxidation sites excluding steroid dienone is 3. The van der Waals surface area contributed by atoms with Gasteiger partial charge in [0.15, 0.2) is 6.61 Å². The number of halogens is 4. The molecule has 57 heavy (non-hydrogen) atoms. The van der Waals surface area contributed by atoms with Crippen LogP contribution in [0.3, 0.4) is 0 Å². The lowest BCUT2D eigenvalue weighted by molar-refractivity contribution is -0.154. The molecule has 4 amide bonds. The second-order valence-electron chi connectivity index (χ2n) is 14.8. The Morgan fingerprint density at radius 1 is 0.912 bits per heavy atom. The molecule has 1 fully saturated rings. The van der Waals surface area contributed by atoms with E-state index in [-0.39, 0.29) is 42.7 Å². The molecule has 18 heteroatoms. The first-order valence-electron chi connectivity index (χ1n) is 18.3. The first-order chi connectivity index (χ1) is 26.9. The molecular weight excluding hydrogens is 767 g/mol. The molecule has 2 unspecified atom stereocenters. The van der Waals surface area contributed by atoms with Crippen LogP contribution in [-0.4, -0.2) is 71.5 Å². The van der Waals surface area contributed by atoms with Gasteiger partial charge in [0, 0.05) is 48.5 Å². The quantitative estimate of drug-likeness (QED) is 0.100. The van der Waals surface area contributed by atoms with Crippen molar-refractivity contribution >= 4 is 52.8 Å². The van der Waals surface area contributed by atoms with Crippen LogP contribution in [0.4, 0.5) is 30.8 Å². The Hall–Kier alpha value is -5.71. The number of ether oxygens (including phenoxy) is 1. The second kappa shape index (κ2) is 18.0. The van der Waals surface area contributed by atoms with E-state index in [1.807, 2.05) is 45.1 Å². The van der Waals surface area contributed by atoms with Gasteiger partial charge in [0.2, 0.25) is 17.8 Å². The van der Waals surface area contributed by atoms with Gasteiger partial charge in [-0.25, -0.2) is 0 Å². The van der Waals surface area contributed by atoms with Crippen molar-refractivity contribution in [3.05, 3.63) is 88.6 Å². The van der Waals surface area contributed by atoms with Gasteiger partial charge < -0.3 is 36.6 Å². The summed E-state index contributed by atoms with van der Waals surface area (Å²) in [5.41, 5.74) is 0.964. The maximum atomic E-state index is 13.0. The highest BCUT2D eigenvalue weighted by molar-refractivity contribution is 6.35. The van der Waals surface area contributed by atoms with Gasteiger partial charge >= 0.3 is 24.0 Å². The maximum absolute atomic E-state index is 13.0. The number of hydrogen-bond donors (Lipinski definition) is 6. The summed E-state index contributed by atoms with van der Waals surface area (Å²) in [4.78, 5) is 62.4. The zero-order valence-electron chi connectivity index (χ0n) is 31.9. The van der Waals surface area contributed by atoms with Gasteiger partial charge in [-0.05, 0) is 84.6 Å². The summed E-state index contributed by atoms with van der Waals surface area (Å²) in [5.74, 6) is -2.03. The van der Waals surface area contributed by atoms with Crippen molar-refractivity contribution in [3.8, 4) is 6.01 Å². The Kier molecular flexibility index (Phi) is 13.4. The topological polar surface area (TPSA) is 188 Å². The first-order valence-corrected chi connectivity index (χ1v) is 18.7. The van der Waals surface area contributed by atoms with Crippen LogP contribution in [-0.2, 0) is 19.9 Å². The fourth-order valence-electron chi connectivity index (χ4n) is 5.87. The number of carbonyl (C=O) groups is 4. The van der Waals surface area contributed by atoms with E-state index in [4.69, 9.17) is 16.3 Å². The number of rotatable bonds is 16. The lowest BCUT2D eigenvalue weighted by Crippen LogP contribution is -2.46. The van der Waals surface area contributed by atoms with Gasteiger partial charge in [0.1, 0.15) is 0 Å². The van der Waals surface area contributed by atoms with Gasteiger partial charge in [-0.2, -0.15) is 28.1 Å². The van der Waals surface area contributed by atoms with Crippen molar-refractivity contribution in [2.45, 2.75) is 58.2 Å². The Labute approximate surface area is 332 Å². The number of aromatic nitrogens is 3. The third-order valence-corrected chi connectivity index (χ3v) is 9.68. The molecule has 2 aromatic carbocycles. The molecule has 6 N–H and O–H groups in total. The van der Waals surface area contributed by atoms with E-state index < -0.39 is 47.5 Å². The average Bonchev–Trinajstić information content (AvgIpc) is 3.95. The highest BCUT2D eigenvalue weighted by atomic mass is 35.5. The van der Waals surface area contributed by atoms with Crippen LogP contribution in [0.15, 0.2) is 72.5 Å². The van der Waals surface area contributed by atoms with E-state index in [9.17, 15) is 32.3 Å². The zero-order valence-corrected chi connectivity index (χ0v) is 32.6. The van der Waals surface area contributed by atoms with Gasteiger partial charge in [-0.3, -0.25) is 19.2 Å². The fraction of sp³-hybridized carbons (Fsp3) is 0.410. The zero-order chi connectivity index (χ0) is 41.4. The molecule has 0 saturated heterocycles. The number of nitrogens with one attached hydrogen (secondary N) is 6. The average molecular weight is 812 g/mol. The minimum Gasteiger partial charge on any atom is -0.454 e. The first kappa shape index (κ1) is 42.4. The van der Waals surface area contributed by atoms with Crippen LogP contribution in [0.2, 0.25) is 5.02 Å². The van der Waals surface area contributed by atoms with E-state index in [2.05, 4.69) is 46.9 Å². The predicted octanol–water partition coefficient (Wildman–Crippen LogP) is 5.53. The molecule has 2 aliphatic rings. The highest BCUT2D eigenvalue weighted by Crippen LogP contribution is 2.48. The minimum absolute atomic E-state index is 0.00470. The molecule has 2 aliphatic carbocycles. The molecule has 304 valence electrons. The standard InChI is InChI=1S/C39H45ClF3N9O5/c1-23-5-13-29(19-25(23)8-16-30(53)44-4)47-33(56)32(55)46-21-37(2,3)20-45-31(54)24-6-14-28(15-7-24)48-34-49-35(51-36(50-34)57-22-39(41,42)43)52-38(17-18-38)26-9-11-27(40)12-10-26/h5-7,9-15,19,23,25H,8,16-18,20-22H2,1-4H3,(H,44,53)(H,45,54)(H,46,55)(H,47,56)(H2,48,49,50,51,52). The van der Waals surface area contributed by atoms with Gasteiger partial charge in [-0.1, -0.05) is 56.7 Å². The number of hydrogen-bond acceptors (Lipinski definition) is 10. The van der Waals surface area contributed by atoms with Crippen molar-refractivity contribution in [1.82, 2.24) is 36.2 Å². The van der Waals surface area contributed by atoms with Crippen molar-refractivity contribution in [3.63, 3.8) is 0 Å². The van der Waals surface area contributed by atoms with Crippen LogP contribution in [0.25, 0.3) is 0 Å². The van der Waals surface area contributed by atoms with Crippen molar-refractivity contribution in [2.75, 3.05) is 37.4 Å². The lowest BCUT2D eigenvalue weighted by atomic mass is 9.85. The van der Waals surface area contributed by atoms with Crippen molar-refractivity contribution in [2.24, 2.45) is 17.3 Å². The number of anilines is 3. The molecule has 0 spiro atoms. The van der Waals surface area contributed by atoms with Gasteiger partial charge in [0.05, 0.1) is 5.54 Å². The SMILES string of the molecule is CNC(=O)CCC1C=C(NC(=O)C(=O)NCC(C)(C)CNC(=O)c2ccc(Nc3nc(NC4(c5ccc(Cl)cc5)CC4)nc(OCC(F)(F)F)n3)cc2)C=CC1C. The molecule has 1 aromatic heterocycles. The Balaban J connectivity index is 1.13. The number of alkyl halides is 3. The molecule has 0 bridgehead atoms. The summed E-state index contributed by atoms with van der Waals surface area (Å²) in [6, 6.07) is 12.9. The van der Waals surface area contributed by atoms with E-state index >= 15 is 0 Å². The van der Waals surface area contributed by atoms with Crippen molar-refractivity contribution < 1.29 is 37.1 Å². The maximum Gasteiger partial charge on any atom is 0.422 e. The van der Waals surface area contributed by atoms with Crippen molar-refractivity contribution in [1.29, 1.82) is 0 Å². The van der Waals surface area contributed by atoms with E-state index in [1.54, 1.807) is 37.4 Å². The Morgan fingerprint density at radius 2 is 1.58 bits per heavy atom. The van der Waals surface area contributed by atoms with Gasteiger partial charge in [-0.15, -0.1) is 0 Å². The highest BCUT2D eigenvalue weighted by Gasteiger charge is 2.45. The normalized spacial score (nSPS) is 17.1. The number of nitrogens with zero attached hydrogens (tertiary/aromatic N) is 3. The number of benzene rings is 2. The predicted molar refractivity (Wildman–Crippen MR) is 208 cm³/mol. The molecule has 5 rings (SSSR count). The van der Waals surface area contributed by atoms with Crippen LogP contribution in [0, 0.1) is 17.3 Å². The molecular formula is C39H45ClF3N9O5. The van der Waals surface area contributed by atoms with Crippen LogP contribution in [0.5, 0.6) is 6.01 Å². The summed E-state index contributed by atoms with van der Waals surface area (Å²) >= 11 is 6.04. The summed E-state index contributed by atoms with van der Waals surface area (Å²) in [6.45, 7) is 4.29. The second-order valence-corrected chi connectivity index (χ2v) is 15.2. The van der Waals surface area contributed by atoms with Crippen LogP contribution >= 0.6 is 11.6 Å². The number of carbonyl (C=O) groups excluding carboxylic acids is 4. The minimum atomic E-state index is -4.61. The lowest BCUT2D eigenvalue weighted by Gasteiger charge is -2.25. The Morgan fingerprint density at radius 3 is 2.23 bits per heavy atom. The molecule has 0 radical (unpaired) electrons. The third-order valence-electron chi connectivity index (χ3n) is 9.43. The third kappa shape index (κ3) is 12.6. The fourth-order valence-corrected chi connectivity index (χ4v) is 5.99. The Bertz CT molecular complexity index is 2000. The van der Waals surface area contributed by atoms with E-state index in [0.717, 1.165) is 18.4 Å². The molecule has 1 saturated carbocycles. The molecule has 1 heterocycles. The van der Waals surface area contributed by atoms with Crippen LogP contribution < -0.4 is 36.6 Å².